The first kappa shape index (κ1) is 14.7. The molecule has 2 aromatic rings. The van der Waals surface area contributed by atoms with Crippen molar-refractivity contribution in [1.29, 1.82) is 0 Å². The van der Waals surface area contributed by atoms with Gasteiger partial charge in [0.2, 0.25) is 11.8 Å². The number of hydrogen-bond acceptors (Lipinski definition) is 2. The number of benzene rings is 1. The van der Waals surface area contributed by atoms with Crippen LogP contribution in [0.3, 0.4) is 0 Å². The lowest BCUT2D eigenvalue weighted by molar-refractivity contribution is -0.123. The van der Waals surface area contributed by atoms with E-state index in [0.29, 0.717) is 5.69 Å². The fourth-order valence-corrected chi connectivity index (χ4v) is 4.27. The maximum Gasteiger partial charge on any atom is 0.242 e. The highest BCUT2D eigenvalue weighted by molar-refractivity contribution is 9.10. The molecule has 5 heteroatoms. The lowest BCUT2D eigenvalue weighted by Crippen LogP contribution is -2.33. The molecule has 3 atom stereocenters. The van der Waals surface area contributed by atoms with Gasteiger partial charge >= 0.3 is 0 Å². The van der Waals surface area contributed by atoms with Gasteiger partial charge in [0, 0.05) is 16.4 Å². The number of carbonyl (C=O) groups excluding carboxylic acids is 2. The predicted octanol–water partition coefficient (Wildman–Crippen LogP) is 3.63. The van der Waals surface area contributed by atoms with E-state index in [1.165, 1.54) is 4.90 Å². The third-order valence-electron chi connectivity index (χ3n) is 5.14. The van der Waals surface area contributed by atoms with Gasteiger partial charge in [-0.25, -0.2) is 4.90 Å². The maximum absolute atomic E-state index is 13.0. The number of H-pyrrole nitrogens is 1. The third kappa shape index (κ3) is 2.10. The van der Waals surface area contributed by atoms with E-state index in [2.05, 4.69) is 27.8 Å². The van der Waals surface area contributed by atoms with Crippen LogP contribution in [0.4, 0.5) is 5.69 Å². The van der Waals surface area contributed by atoms with Crippen molar-refractivity contribution in [3.8, 4) is 0 Å². The third-order valence-corrected chi connectivity index (χ3v) is 5.67. The van der Waals surface area contributed by atoms with Crippen LogP contribution in [0.2, 0.25) is 0 Å². The average molecular weight is 373 g/mol. The lowest BCUT2D eigenvalue weighted by Gasteiger charge is -2.29. The first-order valence-corrected chi connectivity index (χ1v) is 8.70. The Labute approximate surface area is 143 Å². The molecule has 2 heterocycles. The Morgan fingerprint density at radius 1 is 1.17 bits per heavy atom. The second kappa shape index (κ2) is 5.34. The zero-order valence-corrected chi connectivity index (χ0v) is 14.3. The Bertz CT molecular complexity index is 781. The van der Waals surface area contributed by atoms with Crippen molar-refractivity contribution in [3.05, 3.63) is 52.3 Å². The van der Waals surface area contributed by atoms with E-state index in [-0.39, 0.29) is 29.6 Å². The standard InChI is InChI=1S/C18H17BrN2O2/c1-2-10-9-14-13(7-8-20-14)16-15(10)17(22)21(18(16)23)12-5-3-11(19)4-6-12/h3-8,10,15-16,20H,2,9H2,1H3/t10-,15+,16-/m1/s1. The summed E-state index contributed by atoms with van der Waals surface area (Å²) in [4.78, 5) is 30.7. The van der Waals surface area contributed by atoms with Gasteiger partial charge in [0.25, 0.3) is 0 Å². The zero-order valence-electron chi connectivity index (χ0n) is 12.8. The largest absolute Gasteiger partial charge is 0.365 e. The van der Waals surface area contributed by atoms with Crippen LogP contribution in [0, 0.1) is 11.8 Å². The van der Waals surface area contributed by atoms with Crippen molar-refractivity contribution < 1.29 is 9.59 Å². The highest BCUT2D eigenvalue weighted by Gasteiger charge is 2.54. The number of fused-ring (bicyclic) bond motifs is 3. The van der Waals surface area contributed by atoms with Crippen molar-refractivity contribution in [2.75, 3.05) is 4.90 Å². The molecule has 2 aliphatic rings. The van der Waals surface area contributed by atoms with Crippen LogP contribution in [0.5, 0.6) is 0 Å². The number of amides is 2. The van der Waals surface area contributed by atoms with Crippen molar-refractivity contribution >= 4 is 33.4 Å². The molecule has 1 saturated heterocycles. The smallest absolute Gasteiger partial charge is 0.242 e. The minimum Gasteiger partial charge on any atom is -0.365 e. The molecule has 118 valence electrons. The number of halogens is 1. The van der Waals surface area contributed by atoms with Crippen molar-refractivity contribution in [2.24, 2.45) is 11.8 Å². The molecule has 23 heavy (non-hydrogen) atoms. The summed E-state index contributed by atoms with van der Waals surface area (Å²) in [6, 6.07) is 9.30. The molecule has 1 N–H and O–H groups in total. The summed E-state index contributed by atoms with van der Waals surface area (Å²) in [7, 11) is 0. The Morgan fingerprint density at radius 3 is 2.61 bits per heavy atom. The van der Waals surface area contributed by atoms with Gasteiger partial charge in [-0.05, 0) is 48.2 Å². The highest BCUT2D eigenvalue weighted by Crippen LogP contribution is 2.47. The van der Waals surface area contributed by atoms with E-state index in [1.54, 1.807) is 0 Å². The number of nitrogens with one attached hydrogen (secondary N) is 1. The molecule has 0 unspecified atom stereocenters. The minimum absolute atomic E-state index is 0.0546. The average Bonchev–Trinajstić information content (AvgIpc) is 3.11. The molecular formula is C18H17BrN2O2. The fraction of sp³-hybridized carbons (Fsp3) is 0.333. The van der Waals surface area contributed by atoms with Crippen LogP contribution in [0.1, 0.15) is 30.5 Å². The first-order chi connectivity index (χ1) is 11.1. The minimum atomic E-state index is -0.342. The summed E-state index contributed by atoms with van der Waals surface area (Å²) < 4.78 is 0.928. The molecule has 1 aromatic carbocycles. The number of rotatable bonds is 2. The van der Waals surface area contributed by atoms with Crippen LogP contribution in [0.15, 0.2) is 41.0 Å². The molecule has 0 bridgehead atoms. The normalized spacial score (nSPS) is 26.3. The van der Waals surface area contributed by atoms with Crippen molar-refractivity contribution in [3.63, 3.8) is 0 Å². The molecule has 0 spiro atoms. The van der Waals surface area contributed by atoms with Gasteiger partial charge in [-0.15, -0.1) is 0 Å². The second-order valence-electron chi connectivity index (χ2n) is 6.28. The van der Waals surface area contributed by atoms with E-state index in [9.17, 15) is 9.59 Å². The number of anilines is 1. The van der Waals surface area contributed by atoms with Crippen LogP contribution < -0.4 is 4.90 Å². The number of carbonyl (C=O) groups is 2. The number of aromatic nitrogens is 1. The quantitative estimate of drug-likeness (QED) is 0.818. The van der Waals surface area contributed by atoms with Gasteiger partial charge < -0.3 is 4.98 Å². The van der Waals surface area contributed by atoms with E-state index in [1.807, 2.05) is 36.5 Å². The zero-order chi connectivity index (χ0) is 16.1. The molecule has 1 fully saturated rings. The number of aromatic amines is 1. The van der Waals surface area contributed by atoms with Crippen LogP contribution in [-0.4, -0.2) is 16.8 Å². The van der Waals surface area contributed by atoms with E-state index in [4.69, 9.17) is 0 Å². The summed E-state index contributed by atoms with van der Waals surface area (Å²) >= 11 is 3.39. The molecule has 1 aliphatic heterocycles. The van der Waals surface area contributed by atoms with Gasteiger partial charge in [-0.2, -0.15) is 0 Å². The highest BCUT2D eigenvalue weighted by atomic mass is 79.9. The predicted molar refractivity (Wildman–Crippen MR) is 91.1 cm³/mol. The van der Waals surface area contributed by atoms with Crippen molar-refractivity contribution in [2.45, 2.75) is 25.7 Å². The van der Waals surface area contributed by atoms with Crippen LogP contribution in [-0.2, 0) is 16.0 Å². The molecule has 1 aliphatic carbocycles. The molecule has 2 amide bonds. The van der Waals surface area contributed by atoms with Gasteiger partial charge in [0.15, 0.2) is 0 Å². The Morgan fingerprint density at radius 2 is 1.91 bits per heavy atom. The number of hydrogen-bond donors (Lipinski definition) is 1. The lowest BCUT2D eigenvalue weighted by atomic mass is 9.71. The van der Waals surface area contributed by atoms with Gasteiger partial charge in [0.1, 0.15) is 0 Å². The van der Waals surface area contributed by atoms with Gasteiger partial charge in [-0.3, -0.25) is 9.59 Å². The summed E-state index contributed by atoms with van der Waals surface area (Å²) in [6.07, 6.45) is 3.61. The topological polar surface area (TPSA) is 53.2 Å². The monoisotopic (exact) mass is 372 g/mol. The van der Waals surface area contributed by atoms with Crippen LogP contribution >= 0.6 is 15.9 Å². The summed E-state index contributed by atoms with van der Waals surface area (Å²) in [5, 5.41) is 0. The summed E-state index contributed by atoms with van der Waals surface area (Å²) in [6.45, 7) is 2.09. The Kier molecular flexibility index (Phi) is 3.41. The van der Waals surface area contributed by atoms with E-state index >= 15 is 0 Å². The molecule has 1 aromatic heterocycles. The molecule has 4 nitrogen and oxygen atoms in total. The molecule has 4 rings (SSSR count). The fourth-order valence-electron chi connectivity index (χ4n) is 4.01. The number of nitrogens with zero attached hydrogens (tertiary/aromatic N) is 1. The molecule has 0 saturated carbocycles. The van der Waals surface area contributed by atoms with Crippen LogP contribution in [0.25, 0.3) is 0 Å². The summed E-state index contributed by atoms with van der Waals surface area (Å²) in [5.41, 5.74) is 2.76. The Balaban J connectivity index is 1.81. The Hall–Kier alpha value is -1.88. The first-order valence-electron chi connectivity index (χ1n) is 7.91. The molecule has 0 radical (unpaired) electrons. The van der Waals surface area contributed by atoms with Crippen molar-refractivity contribution in [1.82, 2.24) is 4.98 Å². The molecular weight excluding hydrogens is 356 g/mol. The number of imide groups is 1. The SMILES string of the molecule is CC[C@@H]1Cc2[nH]ccc2[C@H]2C(=O)N(c3ccc(Br)cc3)C(=O)[C@@H]12. The van der Waals surface area contributed by atoms with Gasteiger partial charge in [-0.1, -0.05) is 29.3 Å². The van der Waals surface area contributed by atoms with E-state index < -0.39 is 0 Å². The van der Waals surface area contributed by atoms with Gasteiger partial charge in [0.05, 0.1) is 17.5 Å². The summed E-state index contributed by atoms with van der Waals surface area (Å²) in [5.74, 6) is -0.518. The maximum atomic E-state index is 13.0. The van der Waals surface area contributed by atoms with E-state index in [0.717, 1.165) is 28.6 Å². The second-order valence-corrected chi connectivity index (χ2v) is 7.19.